The lowest BCUT2D eigenvalue weighted by Crippen LogP contribution is -2.41. The number of rotatable bonds is 7. The number of sulfonamides is 1. The highest BCUT2D eigenvalue weighted by atomic mass is 35.5. The molecular formula is C24H25ClN2O3S. The van der Waals surface area contributed by atoms with Crippen LogP contribution in [-0.4, -0.2) is 20.9 Å². The third-order valence-electron chi connectivity index (χ3n) is 4.98. The van der Waals surface area contributed by atoms with Crippen LogP contribution in [0.4, 0.5) is 5.69 Å². The number of nitrogens with one attached hydrogen (secondary N) is 1. The van der Waals surface area contributed by atoms with E-state index in [4.69, 9.17) is 11.6 Å². The quantitative estimate of drug-likeness (QED) is 0.542. The van der Waals surface area contributed by atoms with E-state index in [1.807, 2.05) is 32.9 Å². The Hall–Kier alpha value is -2.83. The van der Waals surface area contributed by atoms with Gasteiger partial charge in [0.15, 0.2) is 0 Å². The number of nitrogens with zero attached hydrogens (tertiary/aromatic N) is 1. The smallest absolute Gasteiger partial charge is 0.264 e. The molecule has 31 heavy (non-hydrogen) atoms. The summed E-state index contributed by atoms with van der Waals surface area (Å²) in [5.74, 6) is -0.410. The Morgan fingerprint density at radius 3 is 2.35 bits per heavy atom. The Balaban J connectivity index is 1.89. The van der Waals surface area contributed by atoms with Crippen LogP contribution in [-0.2, 0) is 14.8 Å². The van der Waals surface area contributed by atoms with Gasteiger partial charge in [-0.1, -0.05) is 59.6 Å². The summed E-state index contributed by atoms with van der Waals surface area (Å²) in [5, 5.41) is 3.30. The molecule has 0 aliphatic heterocycles. The first kappa shape index (κ1) is 22.8. The third-order valence-corrected chi connectivity index (χ3v) is 7.01. The second-order valence-corrected chi connectivity index (χ2v) is 9.75. The normalized spacial score (nSPS) is 12.3. The van der Waals surface area contributed by atoms with Gasteiger partial charge in [0.1, 0.15) is 6.54 Å². The van der Waals surface area contributed by atoms with Crippen LogP contribution in [0, 0.1) is 13.8 Å². The summed E-state index contributed by atoms with van der Waals surface area (Å²) < 4.78 is 27.7. The summed E-state index contributed by atoms with van der Waals surface area (Å²) in [7, 11) is -3.97. The average molecular weight is 457 g/mol. The summed E-state index contributed by atoms with van der Waals surface area (Å²) in [6.45, 7) is 5.51. The van der Waals surface area contributed by atoms with Gasteiger partial charge in [-0.25, -0.2) is 8.42 Å². The van der Waals surface area contributed by atoms with E-state index < -0.39 is 15.9 Å². The molecular weight excluding hydrogens is 432 g/mol. The van der Waals surface area contributed by atoms with Gasteiger partial charge in [0.2, 0.25) is 5.91 Å². The molecule has 1 amide bonds. The maximum Gasteiger partial charge on any atom is 0.264 e. The number of hydrogen-bond donors (Lipinski definition) is 1. The minimum absolute atomic E-state index is 0.102. The highest BCUT2D eigenvalue weighted by Gasteiger charge is 2.27. The van der Waals surface area contributed by atoms with E-state index >= 15 is 0 Å². The number of hydrogen-bond acceptors (Lipinski definition) is 3. The first-order valence-electron chi connectivity index (χ1n) is 9.88. The van der Waals surface area contributed by atoms with Gasteiger partial charge in [-0.15, -0.1) is 0 Å². The maximum atomic E-state index is 13.3. The van der Waals surface area contributed by atoms with Gasteiger partial charge in [0, 0.05) is 5.02 Å². The van der Waals surface area contributed by atoms with Crippen molar-refractivity contribution in [3.05, 3.63) is 94.5 Å². The van der Waals surface area contributed by atoms with Crippen LogP contribution in [0.2, 0.25) is 5.02 Å². The maximum absolute atomic E-state index is 13.3. The summed E-state index contributed by atoms with van der Waals surface area (Å²) in [6.07, 6.45) is 0. The molecule has 0 aliphatic rings. The fourth-order valence-corrected chi connectivity index (χ4v) is 5.09. The molecule has 0 fully saturated rings. The van der Waals surface area contributed by atoms with Gasteiger partial charge < -0.3 is 5.32 Å². The minimum Gasteiger partial charge on any atom is -0.348 e. The van der Waals surface area contributed by atoms with Crippen LogP contribution >= 0.6 is 11.6 Å². The molecule has 0 bridgehead atoms. The predicted molar refractivity (Wildman–Crippen MR) is 125 cm³/mol. The molecule has 3 rings (SSSR count). The number of amides is 1. The monoisotopic (exact) mass is 456 g/mol. The van der Waals surface area contributed by atoms with Crippen molar-refractivity contribution in [2.75, 3.05) is 10.8 Å². The predicted octanol–water partition coefficient (Wildman–Crippen LogP) is 5.03. The Bertz CT molecular complexity index is 1180. The molecule has 1 atom stereocenters. The molecule has 1 N–H and O–H groups in total. The van der Waals surface area contributed by atoms with Crippen molar-refractivity contribution in [3.63, 3.8) is 0 Å². The van der Waals surface area contributed by atoms with E-state index in [1.54, 1.807) is 36.4 Å². The average Bonchev–Trinajstić information content (AvgIpc) is 2.72. The lowest BCUT2D eigenvalue weighted by molar-refractivity contribution is -0.120. The zero-order valence-electron chi connectivity index (χ0n) is 17.7. The summed E-state index contributed by atoms with van der Waals surface area (Å²) in [5.41, 5.74) is 3.52. The van der Waals surface area contributed by atoms with E-state index in [2.05, 4.69) is 11.4 Å². The molecule has 0 aliphatic carbocycles. The molecule has 0 saturated carbocycles. The van der Waals surface area contributed by atoms with Gasteiger partial charge in [-0.3, -0.25) is 9.10 Å². The van der Waals surface area contributed by atoms with Gasteiger partial charge >= 0.3 is 0 Å². The highest BCUT2D eigenvalue weighted by molar-refractivity contribution is 7.92. The Morgan fingerprint density at radius 2 is 1.71 bits per heavy atom. The van der Waals surface area contributed by atoms with Crippen molar-refractivity contribution in [2.24, 2.45) is 0 Å². The molecule has 0 radical (unpaired) electrons. The van der Waals surface area contributed by atoms with Crippen LogP contribution in [0.1, 0.15) is 29.7 Å². The zero-order valence-corrected chi connectivity index (χ0v) is 19.2. The van der Waals surface area contributed by atoms with E-state index in [0.29, 0.717) is 10.7 Å². The van der Waals surface area contributed by atoms with Gasteiger partial charge in [-0.2, -0.15) is 0 Å². The van der Waals surface area contributed by atoms with Crippen molar-refractivity contribution < 1.29 is 13.2 Å². The van der Waals surface area contributed by atoms with Crippen LogP contribution < -0.4 is 9.62 Å². The molecule has 1 unspecified atom stereocenters. The fourth-order valence-electron chi connectivity index (χ4n) is 3.47. The van der Waals surface area contributed by atoms with Crippen molar-refractivity contribution >= 4 is 33.2 Å². The van der Waals surface area contributed by atoms with Crippen LogP contribution in [0.3, 0.4) is 0 Å². The molecule has 0 aromatic heterocycles. The van der Waals surface area contributed by atoms with E-state index in [9.17, 15) is 13.2 Å². The number of carbonyl (C=O) groups excluding carboxylic acids is 1. The van der Waals surface area contributed by atoms with Gasteiger partial charge in [-0.05, 0) is 62.2 Å². The van der Waals surface area contributed by atoms with E-state index in [1.165, 1.54) is 18.2 Å². The van der Waals surface area contributed by atoms with Gasteiger partial charge in [0.25, 0.3) is 10.0 Å². The lowest BCUT2D eigenvalue weighted by Gasteiger charge is -2.25. The molecule has 5 nitrogen and oxygen atoms in total. The van der Waals surface area contributed by atoms with E-state index in [-0.39, 0.29) is 17.5 Å². The molecule has 162 valence electrons. The fraction of sp³-hybridized carbons (Fsp3) is 0.208. The van der Waals surface area contributed by atoms with Gasteiger partial charge in [0.05, 0.1) is 16.6 Å². The van der Waals surface area contributed by atoms with Crippen LogP contribution in [0.5, 0.6) is 0 Å². The molecule has 3 aromatic carbocycles. The first-order chi connectivity index (χ1) is 14.7. The molecule has 7 heteroatoms. The van der Waals surface area contributed by atoms with Crippen LogP contribution in [0.25, 0.3) is 0 Å². The number of benzene rings is 3. The number of aryl methyl sites for hydroxylation is 2. The second kappa shape index (κ2) is 9.54. The SMILES string of the molecule is Cc1ccc(C(C)NC(=O)CN(c2cccc(Cl)c2)S(=O)(=O)c2ccccc2)c(C)c1. The number of carbonyl (C=O) groups is 1. The van der Waals surface area contributed by atoms with Crippen LogP contribution in [0.15, 0.2) is 77.7 Å². The lowest BCUT2D eigenvalue weighted by atomic mass is 10.0. The zero-order chi connectivity index (χ0) is 22.6. The number of anilines is 1. The molecule has 3 aromatic rings. The molecule has 0 heterocycles. The minimum atomic E-state index is -3.97. The van der Waals surface area contributed by atoms with Crippen molar-refractivity contribution in [3.8, 4) is 0 Å². The van der Waals surface area contributed by atoms with E-state index in [0.717, 1.165) is 21.0 Å². The standard InChI is InChI=1S/C24H25ClN2O3S/c1-17-12-13-23(18(2)14-17)19(3)26-24(28)16-27(21-9-7-8-20(25)15-21)31(29,30)22-10-5-4-6-11-22/h4-15,19H,16H2,1-3H3,(H,26,28). The molecule has 0 saturated heterocycles. The Labute approximate surface area is 188 Å². The summed E-state index contributed by atoms with van der Waals surface area (Å²) >= 11 is 6.09. The topological polar surface area (TPSA) is 66.5 Å². The van der Waals surface area contributed by atoms with Crippen molar-refractivity contribution in [1.29, 1.82) is 0 Å². The summed E-state index contributed by atoms with van der Waals surface area (Å²) in [4.78, 5) is 13.0. The second-order valence-electron chi connectivity index (χ2n) is 7.45. The largest absolute Gasteiger partial charge is 0.348 e. The Kier molecular flexibility index (Phi) is 7.03. The molecule has 0 spiro atoms. The number of halogens is 1. The first-order valence-corrected chi connectivity index (χ1v) is 11.7. The van der Waals surface area contributed by atoms with Crippen molar-refractivity contribution in [1.82, 2.24) is 5.32 Å². The summed E-state index contributed by atoms with van der Waals surface area (Å²) in [6, 6.07) is 20.2. The van der Waals surface area contributed by atoms with Crippen molar-refractivity contribution in [2.45, 2.75) is 31.7 Å². The third kappa shape index (κ3) is 5.46. The Morgan fingerprint density at radius 1 is 1.00 bits per heavy atom. The highest BCUT2D eigenvalue weighted by Crippen LogP contribution is 2.26.